The molecule has 206 valence electrons. The van der Waals surface area contributed by atoms with Gasteiger partial charge in [-0.05, 0) is 61.9 Å². The van der Waals surface area contributed by atoms with E-state index in [-0.39, 0.29) is 5.56 Å². The number of nitrogens with zero attached hydrogens (tertiary/aromatic N) is 3. The Bertz CT molecular complexity index is 1440. The van der Waals surface area contributed by atoms with Gasteiger partial charge in [0, 0.05) is 36.7 Å². The number of carbonyl (C=O) groups is 1. The van der Waals surface area contributed by atoms with Crippen LogP contribution in [0.1, 0.15) is 67.1 Å². The van der Waals surface area contributed by atoms with Gasteiger partial charge < -0.3 is 19.3 Å². The minimum absolute atomic E-state index is 0.288. The first-order valence-corrected chi connectivity index (χ1v) is 14.9. The number of hydrogen-bond acceptors (Lipinski definition) is 7. The molecule has 0 amide bonds. The highest BCUT2D eigenvalue weighted by Crippen LogP contribution is 2.46. The van der Waals surface area contributed by atoms with Crippen LogP contribution in [0.4, 0.5) is 5.13 Å². The summed E-state index contributed by atoms with van der Waals surface area (Å²) in [5.74, 6) is 0.809. The highest BCUT2D eigenvalue weighted by molar-refractivity contribution is 7.22. The molecular formula is C29H31Cl2N3O4S. The number of thiazole rings is 1. The predicted molar refractivity (Wildman–Crippen MR) is 156 cm³/mol. The molecule has 1 saturated carbocycles. The first-order valence-electron chi connectivity index (χ1n) is 13.4. The Balaban J connectivity index is 0.00000151. The summed E-state index contributed by atoms with van der Waals surface area (Å²) in [5, 5.41) is 15.6. The van der Waals surface area contributed by atoms with Gasteiger partial charge in [0.2, 0.25) is 0 Å². The fourth-order valence-corrected chi connectivity index (χ4v) is 6.48. The monoisotopic (exact) mass is 587 g/mol. The third-order valence-electron chi connectivity index (χ3n) is 7.08. The number of aromatic carboxylic acids is 1. The Labute approximate surface area is 241 Å². The number of piperidine rings is 1. The number of halogens is 2. The molecule has 2 aromatic heterocycles. The first-order chi connectivity index (χ1) is 19.0. The van der Waals surface area contributed by atoms with Crippen LogP contribution in [0.5, 0.6) is 0 Å². The lowest BCUT2D eigenvalue weighted by molar-refractivity contribution is 0.0697. The molecule has 2 aliphatic rings. The molecule has 1 aliphatic heterocycles. The van der Waals surface area contributed by atoms with E-state index in [0.717, 1.165) is 65.4 Å². The number of hydrogen-bond donors (Lipinski definition) is 1. The average Bonchev–Trinajstić information content (AvgIpc) is 3.57. The maximum Gasteiger partial charge on any atom is 0.335 e. The normalized spacial score (nSPS) is 15.8. The Morgan fingerprint density at radius 3 is 2.51 bits per heavy atom. The number of aromatic nitrogens is 2. The molecule has 39 heavy (non-hydrogen) atoms. The van der Waals surface area contributed by atoms with Gasteiger partial charge in [-0.2, -0.15) is 0 Å². The molecule has 6 rings (SSSR count). The number of anilines is 1. The van der Waals surface area contributed by atoms with E-state index in [9.17, 15) is 9.90 Å². The maximum atomic E-state index is 11.3. The summed E-state index contributed by atoms with van der Waals surface area (Å²) >= 11 is 14.5. The summed E-state index contributed by atoms with van der Waals surface area (Å²) in [5.41, 5.74) is 3.44. The second-order valence-corrected chi connectivity index (χ2v) is 11.5. The van der Waals surface area contributed by atoms with Crippen LogP contribution in [0.15, 0.2) is 40.9 Å². The van der Waals surface area contributed by atoms with E-state index in [1.807, 2.05) is 32.0 Å². The molecule has 2 fully saturated rings. The van der Waals surface area contributed by atoms with Crippen molar-refractivity contribution >= 4 is 55.9 Å². The van der Waals surface area contributed by atoms with Crippen LogP contribution in [-0.2, 0) is 11.3 Å². The average molecular weight is 589 g/mol. The molecule has 7 nitrogen and oxygen atoms in total. The number of rotatable bonds is 8. The minimum Gasteiger partial charge on any atom is -0.478 e. The zero-order valence-electron chi connectivity index (χ0n) is 22.0. The predicted octanol–water partition coefficient (Wildman–Crippen LogP) is 8.29. The molecule has 1 saturated heterocycles. The molecule has 2 aromatic carbocycles. The van der Waals surface area contributed by atoms with E-state index < -0.39 is 5.97 Å². The van der Waals surface area contributed by atoms with E-state index in [0.29, 0.717) is 46.4 Å². The van der Waals surface area contributed by atoms with Crippen LogP contribution in [0.25, 0.3) is 21.5 Å². The van der Waals surface area contributed by atoms with Crippen LogP contribution in [0.2, 0.25) is 10.0 Å². The summed E-state index contributed by atoms with van der Waals surface area (Å²) in [6.45, 7) is 6.85. The van der Waals surface area contributed by atoms with Gasteiger partial charge in [-0.1, -0.05) is 59.6 Å². The topological polar surface area (TPSA) is 88.7 Å². The lowest BCUT2D eigenvalue weighted by Gasteiger charge is -2.31. The first kappa shape index (κ1) is 27.9. The lowest BCUT2D eigenvalue weighted by atomic mass is 9.98. The van der Waals surface area contributed by atoms with E-state index in [2.05, 4.69) is 10.1 Å². The molecule has 4 aromatic rings. The zero-order chi connectivity index (χ0) is 27.5. The molecule has 0 spiro atoms. The molecule has 0 radical (unpaired) electrons. The van der Waals surface area contributed by atoms with Gasteiger partial charge in [0.1, 0.15) is 11.5 Å². The van der Waals surface area contributed by atoms with Gasteiger partial charge in [0.25, 0.3) is 0 Å². The van der Waals surface area contributed by atoms with Crippen molar-refractivity contribution in [3.05, 3.63) is 63.3 Å². The van der Waals surface area contributed by atoms with Gasteiger partial charge in [0.15, 0.2) is 5.13 Å². The Morgan fingerprint density at radius 2 is 1.85 bits per heavy atom. The van der Waals surface area contributed by atoms with Gasteiger partial charge in [-0.3, -0.25) is 0 Å². The van der Waals surface area contributed by atoms with E-state index in [1.165, 1.54) is 0 Å². The van der Waals surface area contributed by atoms with Crippen LogP contribution < -0.4 is 4.90 Å². The van der Waals surface area contributed by atoms with Crippen LogP contribution >= 0.6 is 34.5 Å². The second-order valence-electron chi connectivity index (χ2n) is 9.67. The quantitative estimate of drug-likeness (QED) is 0.222. The molecule has 1 N–H and O–H groups in total. The summed E-state index contributed by atoms with van der Waals surface area (Å²) in [4.78, 5) is 18.3. The third kappa shape index (κ3) is 6.09. The standard InChI is InChI=1S/C27H25Cl2N3O4S.C2H6/c28-19-2-1-3-20(29)23(19)24-18(25(36-31-24)16-4-5-16)14-35-13-15-8-10-32(11-9-15)27-30-21-7-6-17(26(33)34)12-22(21)37-27;1-2/h1-3,6-7,12,15-16H,4-5,8-11,13-14H2,(H,33,34);1-2H3. The fraction of sp³-hybridized carbons (Fsp3) is 0.414. The van der Waals surface area contributed by atoms with Gasteiger partial charge >= 0.3 is 5.97 Å². The number of fused-ring (bicyclic) bond motifs is 1. The number of carboxylic acids is 1. The van der Waals surface area contributed by atoms with E-state index >= 15 is 0 Å². The van der Waals surface area contributed by atoms with Crippen molar-refractivity contribution in [1.29, 1.82) is 0 Å². The Hall–Kier alpha value is -2.65. The summed E-state index contributed by atoms with van der Waals surface area (Å²) in [6.07, 6.45) is 4.19. The molecule has 10 heteroatoms. The van der Waals surface area contributed by atoms with Crippen molar-refractivity contribution in [1.82, 2.24) is 10.1 Å². The fourth-order valence-electron chi connectivity index (χ4n) is 4.85. The highest BCUT2D eigenvalue weighted by atomic mass is 35.5. The van der Waals surface area contributed by atoms with Crippen molar-refractivity contribution in [2.45, 2.75) is 52.1 Å². The molecule has 1 aliphatic carbocycles. The third-order valence-corrected chi connectivity index (χ3v) is 8.78. The van der Waals surface area contributed by atoms with Gasteiger partial charge in [0.05, 0.1) is 32.4 Å². The second kappa shape index (κ2) is 12.3. The maximum absolute atomic E-state index is 11.3. The number of benzene rings is 2. The largest absolute Gasteiger partial charge is 0.478 e. The van der Waals surface area contributed by atoms with E-state index in [4.69, 9.17) is 37.4 Å². The highest BCUT2D eigenvalue weighted by Gasteiger charge is 2.33. The Morgan fingerprint density at radius 1 is 1.13 bits per heavy atom. The lowest BCUT2D eigenvalue weighted by Crippen LogP contribution is -2.35. The van der Waals surface area contributed by atoms with Crippen molar-refractivity contribution in [3.8, 4) is 11.3 Å². The smallest absolute Gasteiger partial charge is 0.335 e. The van der Waals surface area contributed by atoms with Crippen molar-refractivity contribution in [2.24, 2.45) is 5.92 Å². The minimum atomic E-state index is -0.921. The number of carboxylic acid groups (broad SMARTS) is 1. The molecular weight excluding hydrogens is 557 g/mol. The van der Waals surface area contributed by atoms with Crippen molar-refractivity contribution in [2.75, 3.05) is 24.6 Å². The van der Waals surface area contributed by atoms with E-state index in [1.54, 1.807) is 29.5 Å². The molecule has 0 unspecified atom stereocenters. The molecule has 3 heterocycles. The molecule has 0 atom stereocenters. The zero-order valence-corrected chi connectivity index (χ0v) is 24.3. The SMILES string of the molecule is CC.O=C(O)c1ccc2nc(N3CCC(COCc4c(-c5c(Cl)cccc5Cl)noc4C4CC4)CC3)sc2c1. The van der Waals surface area contributed by atoms with Gasteiger partial charge in [-0.15, -0.1) is 0 Å². The van der Waals surface area contributed by atoms with Crippen LogP contribution in [-0.4, -0.2) is 40.9 Å². The van der Waals surface area contributed by atoms with Crippen molar-refractivity contribution < 1.29 is 19.2 Å². The van der Waals surface area contributed by atoms with Crippen molar-refractivity contribution in [3.63, 3.8) is 0 Å². The van der Waals surface area contributed by atoms with Crippen LogP contribution in [0.3, 0.4) is 0 Å². The Kier molecular flexibility index (Phi) is 8.76. The number of ether oxygens (including phenoxy) is 1. The van der Waals surface area contributed by atoms with Crippen LogP contribution in [0, 0.1) is 5.92 Å². The summed E-state index contributed by atoms with van der Waals surface area (Å²) < 4.78 is 12.9. The summed E-state index contributed by atoms with van der Waals surface area (Å²) in [6, 6.07) is 10.5. The molecule has 0 bridgehead atoms. The summed E-state index contributed by atoms with van der Waals surface area (Å²) in [7, 11) is 0. The van der Waals surface area contributed by atoms with Gasteiger partial charge in [-0.25, -0.2) is 9.78 Å².